The zero-order valence-corrected chi connectivity index (χ0v) is 4.44. The number of rotatable bonds is 0. The van der Waals surface area contributed by atoms with Crippen molar-refractivity contribution in [3.05, 3.63) is 0 Å². The fourth-order valence-electron chi connectivity index (χ4n) is 0. The summed E-state index contributed by atoms with van der Waals surface area (Å²) in [6.07, 6.45) is 0. The Balaban J connectivity index is 0. The Morgan fingerprint density at radius 3 is 1.25 bits per heavy atom. The molecule has 22 valence electrons. The summed E-state index contributed by atoms with van der Waals surface area (Å²) in [6, 6.07) is 0. The first-order chi connectivity index (χ1) is 1.41. The maximum absolute atomic E-state index is 8.40. The van der Waals surface area contributed by atoms with E-state index < -0.39 is 9.29 Å². The van der Waals surface area contributed by atoms with Crippen LogP contribution in [0.15, 0.2) is 0 Å². The first kappa shape index (κ1) is 8.84. The fourth-order valence-corrected chi connectivity index (χ4v) is 0. The van der Waals surface area contributed by atoms with Gasteiger partial charge in [-0.05, 0) is 0 Å². The molecule has 0 aromatic rings. The fraction of sp³-hybridized carbons (Fsp3) is 0. The van der Waals surface area contributed by atoms with Crippen LogP contribution in [-0.4, -0.2) is 26.4 Å². The standard InChI is InChI=1S/O2Si.Se/c1-3-2;. The second-order valence-electron chi connectivity index (χ2n) is 0.0833. The molecule has 0 aromatic carbocycles. The van der Waals surface area contributed by atoms with E-state index in [2.05, 4.69) is 0 Å². The molecule has 0 aliphatic heterocycles. The molecule has 0 bridgehead atoms. The monoisotopic (exact) mass is 140 g/mol. The van der Waals surface area contributed by atoms with Gasteiger partial charge in [0.05, 0.1) is 0 Å². The molecule has 0 unspecified atom stereocenters. The van der Waals surface area contributed by atoms with E-state index in [-0.39, 0.29) is 17.1 Å². The van der Waals surface area contributed by atoms with E-state index in [4.69, 9.17) is 8.92 Å². The average molecular weight is 139 g/mol. The largest absolute Gasteiger partial charge is 0.549 e. The van der Waals surface area contributed by atoms with Crippen LogP contribution >= 0.6 is 0 Å². The van der Waals surface area contributed by atoms with Crippen molar-refractivity contribution >= 4 is 26.4 Å². The van der Waals surface area contributed by atoms with Crippen molar-refractivity contribution in [1.82, 2.24) is 0 Å². The van der Waals surface area contributed by atoms with Crippen molar-refractivity contribution < 1.29 is 8.92 Å². The molecule has 4 heavy (non-hydrogen) atoms. The van der Waals surface area contributed by atoms with Gasteiger partial charge >= 0.3 is 9.29 Å². The smallest absolute Gasteiger partial charge is 0.274 e. The van der Waals surface area contributed by atoms with E-state index in [1.807, 2.05) is 0 Å². The molecule has 0 fully saturated rings. The van der Waals surface area contributed by atoms with Gasteiger partial charge in [-0.15, -0.1) is 0 Å². The predicted molar refractivity (Wildman–Crippen MR) is 12.9 cm³/mol. The summed E-state index contributed by atoms with van der Waals surface area (Å²) < 4.78 is 16.8. The van der Waals surface area contributed by atoms with E-state index in [1.54, 1.807) is 0 Å². The molecule has 0 aromatic heterocycles. The maximum Gasteiger partial charge on any atom is 0.549 e. The molecular formula is O2SeSi. The molecule has 2 radical (unpaired) electrons. The van der Waals surface area contributed by atoms with Crippen LogP contribution in [0.2, 0.25) is 0 Å². The normalized spacial score (nSPS) is 2.00. The van der Waals surface area contributed by atoms with Crippen molar-refractivity contribution in [2.75, 3.05) is 0 Å². The third-order valence-corrected chi connectivity index (χ3v) is 0. The Kier molecular flexibility index (Phi) is 22.5. The molecule has 0 saturated heterocycles. The molecule has 0 aliphatic carbocycles. The van der Waals surface area contributed by atoms with Crippen molar-refractivity contribution in [2.24, 2.45) is 0 Å². The molecule has 4 heteroatoms. The number of hydrogen-bond donors (Lipinski definition) is 0. The van der Waals surface area contributed by atoms with Gasteiger partial charge in [0.1, 0.15) is 0 Å². The first-order valence-electron chi connectivity index (χ1n) is 0.408. The van der Waals surface area contributed by atoms with Gasteiger partial charge in [-0.2, -0.15) is 0 Å². The third kappa shape index (κ3) is 36.9. The van der Waals surface area contributed by atoms with Crippen molar-refractivity contribution in [3.8, 4) is 0 Å². The quantitative estimate of drug-likeness (QED) is 0.403. The summed E-state index contributed by atoms with van der Waals surface area (Å²) in [6.45, 7) is 0. The van der Waals surface area contributed by atoms with Crippen LogP contribution in [0.3, 0.4) is 0 Å². The van der Waals surface area contributed by atoms with Gasteiger partial charge in [0.2, 0.25) is 0 Å². The molecule has 0 spiro atoms. The molecular weight excluding hydrogens is 139 g/mol. The van der Waals surface area contributed by atoms with Gasteiger partial charge in [0.15, 0.2) is 0 Å². The van der Waals surface area contributed by atoms with E-state index in [1.165, 1.54) is 0 Å². The molecule has 0 atom stereocenters. The molecule has 0 amide bonds. The first-order valence-corrected chi connectivity index (χ1v) is 1.22. The zero-order chi connectivity index (χ0) is 2.71. The van der Waals surface area contributed by atoms with Crippen LogP contribution in [0, 0.1) is 0 Å². The molecule has 0 rings (SSSR count). The van der Waals surface area contributed by atoms with Gasteiger partial charge < -0.3 is 0 Å². The van der Waals surface area contributed by atoms with Gasteiger partial charge in [-0.25, -0.2) is 0 Å². The van der Waals surface area contributed by atoms with Gasteiger partial charge in [0, 0.05) is 17.1 Å². The second-order valence-corrected chi connectivity index (χ2v) is 0.250. The van der Waals surface area contributed by atoms with Crippen LogP contribution in [0.5, 0.6) is 0 Å². The summed E-state index contributed by atoms with van der Waals surface area (Å²) in [4.78, 5) is 0. The predicted octanol–water partition coefficient (Wildman–Crippen LogP) is -0.999. The average Bonchev–Trinajstić information content (AvgIpc) is 0.918. The van der Waals surface area contributed by atoms with Crippen LogP contribution in [0.25, 0.3) is 0 Å². The van der Waals surface area contributed by atoms with E-state index >= 15 is 0 Å². The molecule has 2 nitrogen and oxygen atoms in total. The van der Waals surface area contributed by atoms with Gasteiger partial charge in [0.25, 0.3) is 0 Å². The summed E-state index contributed by atoms with van der Waals surface area (Å²) in [5, 5.41) is 0. The third-order valence-electron chi connectivity index (χ3n) is 0. The maximum atomic E-state index is 8.40. The molecule has 0 aliphatic rings. The summed E-state index contributed by atoms with van der Waals surface area (Å²) in [5.74, 6) is 0. The van der Waals surface area contributed by atoms with E-state index in [9.17, 15) is 0 Å². The molecule has 0 saturated carbocycles. The zero-order valence-electron chi connectivity index (χ0n) is 1.72. The Morgan fingerprint density at radius 1 is 1.25 bits per heavy atom. The summed E-state index contributed by atoms with van der Waals surface area (Å²) >= 11 is 0. The minimum Gasteiger partial charge on any atom is -0.274 e. The van der Waals surface area contributed by atoms with Crippen LogP contribution < -0.4 is 0 Å². The van der Waals surface area contributed by atoms with Crippen molar-refractivity contribution in [1.29, 1.82) is 0 Å². The van der Waals surface area contributed by atoms with E-state index in [0.29, 0.717) is 0 Å². The van der Waals surface area contributed by atoms with Gasteiger partial charge in [-0.3, -0.25) is 8.92 Å². The Morgan fingerprint density at radius 2 is 1.25 bits per heavy atom. The minimum absolute atomic E-state index is 0. The molecule has 0 N–H and O–H groups in total. The molecule has 0 heterocycles. The van der Waals surface area contributed by atoms with Crippen molar-refractivity contribution in [3.63, 3.8) is 0 Å². The SMILES string of the molecule is O=[Si]=O.[Se]. The van der Waals surface area contributed by atoms with E-state index in [0.717, 1.165) is 0 Å². The Hall–Kier alpha value is 0.336. The Labute approximate surface area is 36.0 Å². The summed E-state index contributed by atoms with van der Waals surface area (Å²) in [7, 11) is -1.42. The van der Waals surface area contributed by atoms with Crippen LogP contribution in [0.1, 0.15) is 0 Å². The second kappa shape index (κ2) is 10.2. The van der Waals surface area contributed by atoms with Crippen LogP contribution in [-0.2, 0) is 8.92 Å². The van der Waals surface area contributed by atoms with Gasteiger partial charge in [-0.1, -0.05) is 0 Å². The topological polar surface area (TPSA) is 34.1 Å². The van der Waals surface area contributed by atoms with Crippen molar-refractivity contribution in [2.45, 2.75) is 0 Å². The van der Waals surface area contributed by atoms with Crippen LogP contribution in [0.4, 0.5) is 0 Å². The summed E-state index contributed by atoms with van der Waals surface area (Å²) in [5.41, 5.74) is 0. The Bertz CT molecular complexity index is 27.0. The number of hydrogen-bond acceptors (Lipinski definition) is 2. The minimum atomic E-state index is -1.42.